The molecule has 23 heavy (non-hydrogen) atoms. The molecule has 1 unspecified atom stereocenters. The maximum atomic E-state index is 6.30. The lowest BCUT2D eigenvalue weighted by Gasteiger charge is -2.28. The van der Waals surface area contributed by atoms with E-state index in [-0.39, 0.29) is 5.60 Å². The minimum absolute atomic E-state index is 0.102. The van der Waals surface area contributed by atoms with Gasteiger partial charge in [0.25, 0.3) is 6.02 Å². The fourth-order valence-corrected chi connectivity index (χ4v) is 4.22. The molecule has 0 aliphatic carbocycles. The van der Waals surface area contributed by atoms with Gasteiger partial charge in [-0.3, -0.25) is 10.2 Å². The third kappa shape index (κ3) is 2.18. The van der Waals surface area contributed by atoms with E-state index in [2.05, 4.69) is 32.3 Å². The number of hydrogen-bond acceptors (Lipinski definition) is 5. The number of ether oxygens (including phenoxy) is 1. The Morgan fingerprint density at radius 2 is 2.17 bits per heavy atom. The van der Waals surface area contributed by atoms with Crippen molar-refractivity contribution < 1.29 is 4.74 Å². The Labute approximate surface area is 135 Å². The van der Waals surface area contributed by atoms with Gasteiger partial charge in [0.15, 0.2) is 0 Å². The summed E-state index contributed by atoms with van der Waals surface area (Å²) in [5, 5.41) is 5.57. The minimum Gasteiger partial charge on any atom is -0.455 e. The fourth-order valence-electron chi connectivity index (χ4n) is 4.22. The van der Waals surface area contributed by atoms with E-state index in [1.54, 1.807) is 0 Å². The van der Waals surface area contributed by atoms with Gasteiger partial charge in [0, 0.05) is 30.6 Å². The Bertz CT molecular complexity index is 789. The number of amidine groups is 1. The van der Waals surface area contributed by atoms with Gasteiger partial charge in [-0.05, 0) is 30.8 Å². The van der Waals surface area contributed by atoms with Crippen molar-refractivity contribution in [1.82, 2.24) is 9.88 Å². The van der Waals surface area contributed by atoms with Crippen molar-refractivity contribution in [3.63, 3.8) is 0 Å². The van der Waals surface area contributed by atoms with Gasteiger partial charge in [0.2, 0.25) is 0 Å². The number of anilines is 1. The molecule has 2 aromatic rings. The fraction of sp³-hybridized carbons (Fsp3) is 0.444. The number of nitrogens with one attached hydrogen (secondary N) is 1. The van der Waals surface area contributed by atoms with Crippen LogP contribution in [0.25, 0.3) is 10.8 Å². The topological polar surface area (TPSA) is 49.8 Å². The van der Waals surface area contributed by atoms with Gasteiger partial charge in [-0.2, -0.15) is 0 Å². The monoisotopic (exact) mass is 308 g/mol. The van der Waals surface area contributed by atoms with Crippen LogP contribution >= 0.6 is 0 Å². The van der Waals surface area contributed by atoms with Gasteiger partial charge in [0.1, 0.15) is 11.4 Å². The first-order valence-corrected chi connectivity index (χ1v) is 8.38. The van der Waals surface area contributed by atoms with Crippen LogP contribution in [0.2, 0.25) is 0 Å². The van der Waals surface area contributed by atoms with Crippen molar-refractivity contribution >= 4 is 22.6 Å². The second-order valence-electron chi connectivity index (χ2n) is 6.90. The van der Waals surface area contributed by atoms with Gasteiger partial charge in [-0.1, -0.05) is 24.3 Å². The van der Waals surface area contributed by atoms with Crippen LogP contribution in [0, 0.1) is 5.92 Å². The van der Waals surface area contributed by atoms with Crippen molar-refractivity contribution in [1.29, 1.82) is 0 Å². The summed E-state index contributed by atoms with van der Waals surface area (Å²) in [5.41, 5.74) is -0.102. The molecule has 2 bridgehead atoms. The highest BCUT2D eigenvalue weighted by Gasteiger charge is 2.52. The van der Waals surface area contributed by atoms with E-state index in [4.69, 9.17) is 4.74 Å². The zero-order valence-corrected chi connectivity index (χ0v) is 13.0. The highest BCUT2D eigenvalue weighted by atomic mass is 16.5. The molecule has 0 saturated carbocycles. The zero-order valence-electron chi connectivity index (χ0n) is 13.0. The number of aromatic nitrogens is 1. The average molecular weight is 308 g/mol. The van der Waals surface area contributed by atoms with Crippen molar-refractivity contribution in [3.8, 4) is 0 Å². The SMILES string of the molecule is c1ccc2cc(NC3=NC[C@]4(CN5CCC[C@H]4C5)O3)ncc2c1. The van der Waals surface area contributed by atoms with Crippen molar-refractivity contribution in [2.24, 2.45) is 10.9 Å². The van der Waals surface area contributed by atoms with Crippen LogP contribution in [0.5, 0.6) is 0 Å². The van der Waals surface area contributed by atoms with Crippen molar-refractivity contribution in [3.05, 3.63) is 36.5 Å². The van der Waals surface area contributed by atoms with Crippen molar-refractivity contribution in [2.75, 3.05) is 31.5 Å². The summed E-state index contributed by atoms with van der Waals surface area (Å²) < 4.78 is 6.30. The molecule has 2 saturated heterocycles. The molecule has 5 nitrogen and oxygen atoms in total. The molecule has 1 aromatic heterocycles. The van der Waals surface area contributed by atoms with E-state index >= 15 is 0 Å². The highest BCUT2D eigenvalue weighted by Crippen LogP contribution is 2.40. The third-order valence-electron chi connectivity index (χ3n) is 5.40. The second-order valence-corrected chi connectivity index (χ2v) is 6.90. The summed E-state index contributed by atoms with van der Waals surface area (Å²) in [6, 6.07) is 10.9. The van der Waals surface area contributed by atoms with E-state index in [0.29, 0.717) is 11.9 Å². The van der Waals surface area contributed by atoms with Crippen LogP contribution in [0.3, 0.4) is 0 Å². The van der Waals surface area contributed by atoms with Gasteiger partial charge in [-0.25, -0.2) is 9.98 Å². The summed E-state index contributed by atoms with van der Waals surface area (Å²) >= 11 is 0. The number of hydrogen-bond donors (Lipinski definition) is 1. The number of nitrogens with zero attached hydrogens (tertiary/aromatic N) is 3. The summed E-state index contributed by atoms with van der Waals surface area (Å²) in [6.45, 7) is 4.15. The number of fused-ring (bicyclic) bond motifs is 4. The first-order valence-electron chi connectivity index (χ1n) is 8.38. The summed E-state index contributed by atoms with van der Waals surface area (Å²) in [7, 11) is 0. The molecule has 3 aliphatic heterocycles. The number of rotatable bonds is 1. The Balaban J connectivity index is 1.35. The first kappa shape index (κ1) is 13.3. The average Bonchev–Trinajstić information content (AvgIpc) is 3.08. The molecule has 2 fully saturated rings. The third-order valence-corrected chi connectivity index (χ3v) is 5.40. The Kier molecular flexibility index (Phi) is 2.85. The smallest absolute Gasteiger partial charge is 0.291 e. The summed E-state index contributed by atoms with van der Waals surface area (Å²) in [6.07, 6.45) is 4.43. The normalized spacial score (nSPS) is 32.1. The van der Waals surface area contributed by atoms with E-state index in [1.165, 1.54) is 24.8 Å². The zero-order chi connectivity index (χ0) is 15.3. The molecule has 5 heteroatoms. The van der Waals surface area contributed by atoms with Crippen molar-refractivity contribution in [2.45, 2.75) is 18.4 Å². The quantitative estimate of drug-likeness (QED) is 0.879. The van der Waals surface area contributed by atoms with E-state index in [0.717, 1.165) is 30.8 Å². The Morgan fingerprint density at radius 3 is 3.09 bits per heavy atom. The molecule has 3 atom stereocenters. The molecule has 118 valence electrons. The van der Waals surface area contributed by atoms with Gasteiger partial charge in [0.05, 0.1) is 6.54 Å². The first-order chi connectivity index (χ1) is 11.3. The molecule has 0 radical (unpaired) electrons. The van der Waals surface area contributed by atoms with Crippen LogP contribution in [0.15, 0.2) is 41.5 Å². The maximum absolute atomic E-state index is 6.30. The van der Waals surface area contributed by atoms with Gasteiger partial charge in [-0.15, -0.1) is 0 Å². The minimum atomic E-state index is -0.102. The highest BCUT2D eigenvalue weighted by molar-refractivity contribution is 5.92. The lowest BCUT2D eigenvalue weighted by molar-refractivity contribution is 0.0588. The predicted octanol–water partition coefficient (Wildman–Crippen LogP) is 2.50. The second kappa shape index (κ2) is 4.93. The molecular weight excluding hydrogens is 288 g/mol. The molecule has 1 N–H and O–H groups in total. The summed E-state index contributed by atoms with van der Waals surface area (Å²) in [5.74, 6) is 1.41. The molecule has 4 heterocycles. The van der Waals surface area contributed by atoms with Gasteiger partial charge < -0.3 is 4.74 Å². The molecular formula is C18H20N4O. The molecule has 1 spiro atoms. The number of piperidine rings is 1. The lowest BCUT2D eigenvalue weighted by Crippen LogP contribution is -2.41. The van der Waals surface area contributed by atoms with E-state index in [9.17, 15) is 0 Å². The van der Waals surface area contributed by atoms with E-state index < -0.39 is 0 Å². The molecule has 1 aromatic carbocycles. The molecule has 3 aliphatic rings. The van der Waals surface area contributed by atoms with Crippen LogP contribution in [-0.2, 0) is 4.74 Å². The maximum Gasteiger partial charge on any atom is 0.291 e. The summed E-state index contributed by atoms with van der Waals surface area (Å²) in [4.78, 5) is 11.6. The Morgan fingerprint density at radius 1 is 1.26 bits per heavy atom. The molecule has 0 amide bonds. The number of aliphatic imine (C=N–C) groups is 1. The largest absolute Gasteiger partial charge is 0.455 e. The Hall–Kier alpha value is -2.14. The van der Waals surface area contributed by atoms with Crippen LogP contribution < -0.4 is 5.32 Å². The van der Waals surface area contributed by atoms with Crippen LogP contribution in [0.4, 0.5) is 5.82 Å². The number of benzene rings is 1. The van der Waals surface area contributed by atoms with Gasteiger partial charge >= 0.3 is 0 Å². The number of pyridine rings is 1. The predicted molar refractivity (Wildman–Crippen MR) is 90.6 cm³/mol. The van der Waals surface area contributed by atoms with E-state index in [1.807, 2.05) is 24.4 Å². The molecule has 5 rings (SSSR count). The van der Waals surface area contributed by atoms with Crippen LogP contribution in [0.1, 0.15) is 12.8 Å². The lowest BCUT2D eigenvalue weighted by atomic mass is 9.87. The standard InChI is InChI=1S/C18H20N4O/c1-2-5-14-9-19-16(8-13(14)4-1)21-17-20-11-18(23-17)12-22-7-3-6-15(18)10-22/h1-2,4-5,8-9,15H,3,6-7,10-12H2,(H,19,20,21)/t15-,18+/m0/s1. The van der Waals surface area contributed by atoms with Crippen LogP contribution in [-0.4, -0.2) is 47.7 Å².